The normalized spacial score (nSPS) is 11.1. The SMILES string of the molecule is c1ccc(-c2ccc(-c3nc(-c4ccc(-c5ccccc5)cc4)nc(-c4cccc(-c5cccc6ccccc56)c4-c4ccc(-c5ccccc5)cc4)n3)cc2)cc1. The van der Waals surface area contributed by atoms with E-state index in [9.17, 15) is 0 Å². The molecule has 0 aliphatic rings. The molecule has 272 valence electrons. The molecular weight excluding hydrogens is 703 g/mol. The first-order chi connectivity index (χ1) is 28.7. The van der Waals surface area contributed by atoms with E-state index in [0.717, 1.165) is 66.8 Å². The third kappa shape index (κ3) is 6.87. The first-order valence-electron chi connectivity index (χ1n) is 19.6. The zero-order chi connectivity index (χ0) is 38.7. The number of benzene rings is 9. The highest BCUT2D eigenvalue weighted by molar-refractivity contribution is 6.03. The maximum atomic E-state index is 5.29. The van der Waals surface area contributed by atoms with Crippen LogP contribution in [0.1, 0.15) is 0 Å². The fourth-order valence-electron chi connectivity index (χ4n) is 7.83. The standard InChI is InChI=1S/C55H37N3/c1-4-14-38(15-5-1)41-26-32-45(33-27-41)52-50(49-23-12-21-44-20-10-11-22-48(44)49)24-13-25-51(52)55-57-53(46-34-28-42(29-35-46)39-16-6-2-7-17-39)56-54(58-55)47-36-30-43(31-37-47)40-18-8-3-9-19-40/h1-37H. The lowest BCUT2D eigenvalue weighted by Gasteiger charge is -2.18. The van der Waals surface area contributed by atoms with Crippen molar-refractivity contribution >= 4 is 10.8 Å². The minimum absolute atomic E-state index is 0.614. The summed E-state index contributed by atoms with van der Waals surface area (Å²) in [5, 5.41) is 2.39. The maximum Gasteiger partial charge on any atom is 0.164 e. The van der Waals surface area contributed by atoms with Gasteiger partial charge < -0.3 is 0 Å². The average molecular weight is 740 g/mol. The second-order valence-corrected chi connectivity index (χ2v) is 14.4. The monoisotopic (exact) mass is 739 g/mol. The second-order valence-electron chi connectivity index (χ2n) is 14.4. The Morgan fingerprint density at radius 1 is 0.207 bits per heavy atom. The zero-order valence-electron chi connectivity index (χ0n) is 31.7. The van der Waals surface area contributed by atoms with E-state index in [-0.39, 0.29) is 0 Å². The molecule has 0 aliphatic heterocycles. The van der Waals surface area contributed by atoms with Gasteiger partial charge in [0.2, 0.25) is 0 Å². The van der Waals surface area contributed by atoms with Crippen LogP contribution in [0.15, 0.2) is 224 Å². The van der Waals surface area contributed by atoms with Gasteiger partial charge in [0.25, 0.3) is 0 Å². The Balaban J connectivity index is 1.17. The van der Waals surface area contributed by atoms with Gasteiger partial charge in [-0.3, -0.25) is 0 Å². The summed E-state index contributed by atoms with van der Waals surface area (Å²) in [5.41, 5.74) is 14.2. The van der Waals surface area contributed by atoms with Crippen molar-refractivity contribution in [3.05, 3.63) is 224 Å². The molecule has 0 amide bonds. The molecule has 0 saturated heterocycles. The summed E-state index contributed by atoms with van der Waals surface area (Å²) >= 11 is 0. The molecule has 0 saturated carbocycles. The first-order valence-corrected chi connectivity index (χ1v) is 19.6. The van der Waals surface area contributed by atoms with E-state index in [1.165, 1.54) is 16.3 Å². The summed E-state index contributed by atoms with van der Waals surface area (Å²) < 4.78 is 0. The van der Waals surface area contributed by atoms with Crippen LogP contribution in [0.25, 0.3) is 101 Å². The Morgan fingerprint density at radius 3 is 1.07 bits per heavy atom. The van der Waals surface area contributed by atoms with Crippen molar-refractivity contribution in [3.63, 3.8) is 0 Å². The highest BCUT2D eigenvalue weighted by atomic mass is 15.0. The van der Waals surface area contributed by atoms with E-state index in [1.807, 2.05) is 12.1 Å². The van der Waals surface area contributed by atoms with Crippen LogP contribution in [0.4, 0.5) is 0 Å². The average Bonchev–Trinajstić information content (AvgIpc) is 3.32. The predicted octanol–water partition coefficient (Wildman–Crippen LogP) is 14.4. The van der Waals surface area contributed by atoms with E-state index in [0.29, 0.717) is 17.5 Å². The number of aromatic nitrogens is 3. The minimum atomic E-state index is 0.614. The predicted molar refractivity (Wildman–Crippen MR) is 241 cm³/mol. The lowest BCUT2D eigenvalue weighted by atomic mass is 9.87. The van der Waals surface area contributed by atoms with Gasteiger partial charge in [-0.2, -0.15) is 0 Å². The Kier molecular flexibility index (Phi) is 9.23. The van der Waals surface area contributed by atoms with Crippen molar-refractivity contribution < 1.29 is 0 Å². The van der Waals surface area contributed by atoms with Crippen LogP contribution in [0, 0.1) is 0 Å². The molecule has 10 rings (SSSR count). The molecule has 0 fully saturated rings. The van der Waals surface area contributed by atoms with E-state index >= 15 is 0 Å². The third-order valence-corrected chi connectivity index (χ3v) is 10.8. The van der Waals surface area contributed by atoms with Gasteiger partial charge in [-0.25, -0.2) is 15.0 Å². The minimum Gasteiger partial charge on any atom is -0.208 e. The van der Waals surface area contributed by atoms with E-state index in [4.69, 9.17) is 15.0 Å². The van der Waals surface area contributed by atoms with E-state index in [2.05, 4.69) is 212 Å². The highest BCUT2D eigenvalue weighted by Crippen LogP contribution is 2.42. The van der Waals surface area contributed by atoms with Gasteiger partial charge in [0.1, 0.15) is 0 Å². The Labute approximate surface area is 338 Å². The lowest BCUT2D eigenvalue weighted by Crippen LogP contribution is -2.02. The summed E-state index contributed by atoms with van der Waals surface area (Å²) in [4.78, 5) is 15.7. The van der Waals surface area contributed by atoms with Crippen molar-refractivity contribution in [3.8, 4) is 89.8 Å². The van der Waals surface area contributed by atoms with Gasteiger partial charge in [-0.1, -0.05) is 224 Å². The van der Waals surface area contributed by atoms with Gasteiger partial charge in [-0.05, 0) is 60.8 Å². The van der Waals surface area contributed by atoms with E-state index in [1.54, 1.807) is 0 Å². The number of nitrogens with zero attached hydrogens (tertiary/aromatic N) is 3. The van der Waals surface area contributed by atoms with Crippen LogP contribution in [0.5, 0.6) is 0 Å². The summed E-state index contributed by atoms with van der Waals surface area (Å²) in [7, 11) is 0. The van der Waals surface area contributed by atoms with Crippen LogP contribution in [0.3, 0.4) is 0 Å². The molecule has 1 aromatic heterocycles. The fraction of sp³-hybridized carbons (Fsp3) is 0. The Morgan fingerprint density at radius 2 is 0.552 bits per heavy atom. The van der Waals surface area contributed by atoms with Crippen LogP contribution < -0.4 is 0 Å². The number of rotatable bonds is 8. The van der Waals surface area contributed by atoms with Crippen molar-refractivity contribution in [2.24, 2.45) is 0 Å². The summed E-state index contributed by atoms with van der Waals surface area (Å²) in [6, 6.07) is 78.9. The van der Waals surface area contributed by atoms with Gasteiger partial charge >= 0.3 is 0 Å². The quantitative estimate of drug-likeness (QED) is 0.156. The van der Waals surface area contributed by atoms with Crippen LogP contribution in [-0.2, 0) is 0 Å². The number of hydrogen-bond acceptors (Lipinski definition) is 3. The molecule has 3 heteroatoms. The number of fused-ring (bicyclic) bond motifs is 1. The van der Waals surface area contributed by atoms with Gasteiger partial charge in [0.05, 0.1) is 0 Å². The smallest absolute Gasteiger partial charge is 0.164 e. The molecular formula is C55H37N3. The van der Waals surface area contributed by atoms with Crippen molar-refractivity contribution in [1.29, 1.82) is 0 Å². The van der Waals surface area contributed by atoms with Crippen molar-refractivity contribution in [2.45, 2.75) is 0 Å². The molecule has 1 heterocycles. The topological polar surface area (TPSA) is 38.7 Å². The summed E-state index contributed by atoms with van der Waals surface area (Å²) in [5.74, 6) is 1.85. The third-order valence-electron chi connectivity index (χ3n) is 10.8. The largest absolute Gasteiger partial charge is 0.208 e. The fourth-order valence-corrected chi connectivity index (χ4v) is 7.83. The second kappa shape index (κ2) is 15.4. The van der Waals surface area contributed by atoms with Gasteiger partial charge in [-0.15, -0.1) is 0 Å². The van der Waals surface area contributed by atoms with Crippen molar-refractivity contribution in [1.82, 2.24) is 15.0 Å². The molecule has 10 aromatic rings. The van der Waals surface area contributed by atoms with Crippen LogP contribution in [-0.4, -0.2) is 15.0 Å². The molecule has 0 aliphatic carbocycles. The number of hydrogen-bond donors (Lipinski definition) is 0. The van der Waals surface area contributed by atoms with Gasteiger partial charge in [0.15, 0.2) is 17.5 Å². The molecule has 0 spiro atoms. The molecule has 0 atom stereocenters. The molecule has 3 nitrogen and oxygen atoms in total. The molecule has 0 radical (unpaired) electrons. The zero-order valence-corrected chi connectivity index (χ0v) is 31.7. The molecule has 0 unspecified atom stereocenters. The Bertz CT molecular complexity index is 2890. The summed E-state index contributed by atoms with van der Waals surface area (Å²) in [6.45, 7) is 0. The van der Waals surface area contributed by atoms with Crippen LogP contribution in [0.2, 0.25) is 0 Å². The molecule has 0 N–H and O–H groups in total. The lowest BCUT2D eigenvalue weighted by molar-refractivity contribution is 1.07. The molecule has 58 heavy (non-hydrogen) atoms. The molecule has 0 bridgehead atoms. The van der Waals surface area contributed by atoms with Crippen LogP contribution >= 0.6 is 0 Å². The first kappa shape index (κ1) is 34.7. The van der Waals surface area contributed by atoms with E-state index < -0.39 is 0 Å². The van der Waals surface area contributed by atoms with Crippen molar-refractivity contribution in [2.75, 3.05) is 0 Å². The molecule has 9 aromatic carbocycles. The Hall–Kier alpha value is -7.75. The summed E-state index contributed by atoms with van der Waals surface area (Å²) in [6.07, 6.45) is 0. The highest BCUT2D eigenvalue weighted by Gasteiger charge is 2.20. The maximum absolute atomic E-state index is 5.29. The van der Waals surface area contributed by atoms with Gasteiger partial charge in [0, 0.05) is 22.3 Å².